The number of carbonyl (C=O) groups is 3. The highest BCUT2D eigenvalue weighted by atomic mass is 16.7. The van der Waals surface area contributed by atoms with Crippen molar-refractivity contribution in [2.24, 2.45) is 0 Å². The van der Waals surface area contributed by atoms with E-state index in [4.69, 9.17) is 18.9 Å². The van der Waals surface area contributed by atoms with Crippen molar-refractivity contribution in [1.29, 1.82) is 0 Å². The van der Waals surface area contributed by atoms with Crippen LogP contribution in [-0.2, 0) is 33.3 Å². The first-order valence-corrected chi connectivity index (χ1v) is 42.3. The highest BCUT2D eigenvalue weighted by Gasteiger charge is 2.22. The minimum Gasteiger partial charge on any atom is -0.545 e. The van der Waals surface area contributed by atoms with Gasteiger partial charge < -0.3 is 33.3 Å². The van der Waals surface area contributed by atoms with Gasteiger partial charge in [0, 0.05) is 12.8 Å². The van der Waals surface area contributed by atoms with E-state index in [0.717, 1.165) is 103 Å². The second-order valence-corrected chi connectivity index (χ2v) is 29.4. The van der Waals surface area contributed by atoms with Gasteiger partial charge in [-0.05, 0) is 116 Å². The molecule has 0 radical (unpaired) electrons. The molecule has 0 aliphatic carbocycles. The van der Waals surface area contributed by atoms with E-state index < -0.39 is 24.3 Å². The lowest BCUT2D eigenvalue weighted by molar-refractivity contribution is -0.870. The number of hydrogen-bond acceptors (Lipinski definition) is 8. The summed E-state index contributed by atoms with van der Waals surface area (Å²) < 4.78 is 22.9. The lowest BCUT2D eigenvalue weighted by atomic mass is 10.0. The molecule has 2 atom stereocenters. The van der Waals surface area contributed by atoms with Crippen molar-refractivity contribution in [2.45, 2.75) is 386 Å². The molecule has 2 unspecified atom stereocenters. The summed E-state index contributed by atoms with van der Waals surface area (Å²) in [6, 6.07) is 0. The molecule has 0 aliphatic heterocycles. The fourth-order valence-electron chi connectivity index (χ4n) is 12.0. The van der Waals surface area contributed by atoms with Crippen LogP contribution in [0.3, 0.4) is 0 Å². The summed E-state index contributed by atoms with van der Waals surface area (Å²) in [6.45, 7) is 4.65. The first-order valence-electron chi connectivity index (χ1n) is 42.3. The Hall–Kier alpha value is -4.57. The predicted molar refractivity (Wildman–Crippen MR) is 435 cm³/mol. The largest absolute Gasteiger partial charge is 0.545 e. The van der Waals surface area contributed by atoms with Crippen molar-refractivity contribution in [3.05, 3.63) is 134 Å². The molecule has 0 aromatic rings. The van der Waals surface area contributed by atoms with Gasteiger partial charge in [0.1, 0.15) is 13.2 Å². The Balaban J connectivity index is 4.01. The summed E-state index contributed by atoms with van der Waals surface area (Å²) in [6.07, 6.45) is 114. The number of aliphatic carboxylic acids is 1. The molecule has 101 heavy (non-hydrogen) atoms. The minimum absolute atomic E-state index is 0.144. The third kappa shape index (κ3) is 82.6. The number of hydrogen-bond donors (Lipinski definition) is 0. The SMILES string of the molecule is CC/C=C\C/C=C\C/C=C\C/C=C\C/C=C\C/C=C\C/C=C\C/C=C\CCCCCCCCCCCCCCC(=O)OC(COC(=O)CCCCCCCCCCCCCCCCCCCCCCCCCC/C=C\C/C=C\C/C=C\CCCCCCC)COC(OCC[N+](C)(C)C)C(=O)[O-]. The number of likely N-dealkylation sites (N-methyl/N-ethyl adjacent to an activating group) is 1. The standard InChI is InChI=1S/C92H159NO8/c1-6-8-10-12-14-16-18-20-22-24-26-28-30-32-34-36-38-40-42-44-45-47-48-50-52-54-56-58-60-62-64-66-68-70-72-74-76-78-80-82-89(94)99-86-88(87-100-92(91(96)97)98-85-84-93(3,4)5)101-90(95)83-81-79-77-75-73-71-69-67-65-63-61-59-57-55-53-51-49-46-43-41-39-37-35-33-31-29-27-25-23-21-19-17-15-13-11-9-7-2/h9,11,15,17-18,20-21,23-24,26-27,29-30,32-33,35,39,41,46,49,53,55,88,92H,6-8,10,12-14,16,19,22,25,28,31,34,36-38,40,42-45,47-48,50-52,54,56-87H2,1-5H3/b11-9-,17-15-,20-18-,23-21-,26-24-,29-27-,32-30-,35-33-,41-39-,49-46-,55-53-. The Bertz CT molecular complexity index is 2130. The van der Waals surface area contributed by atoms with Gasteiger partial charge in [0.05, 0.1) is 40.3 Å². The van der Waals surface area contributed by atoms with Crippen LogP contribution in [0.5, 0.6) is 0 Å². The average molecular weight is 1410 g/mol. The summed E-state index contributed by atoms with van der Waals surface area (Å²) in [7, 11) is 5.94. The molecular formula is C92H159NO8. The van der Waals surface area contributed by atoms with E-state index in [0.29, 0.717) is 23.9 Å². The Kier molecular flexibility index (Phi) is 77.4. The lowest BCUT2D eigenvalue weighted by Gasteiger charge is -2.26. The monoisotopic (exact) mass is 1410 g/mol. The molecule has 0 aliphatic rings. The molecule has 0 amide bonds. The van der Waals surface area contributed by atoms with Crippen LogP contribution in [0.4, 0.5) is 0 Å². The van der Waals surface area contributed by atoms with Crippen molar-refractivity contribution in [1.82, 2.24) is 0 Å². The predicted octanol–water partition coefficient (Wildman–Crippen LogP) is 26.3. The molecule has 0 heterocycles. The van der Waals surface area contributed by atoms with E-state index >= 15 is 0 Å². The zero-order valence-corrected chi connectivity index (χ0v) is 66.5. The maximum atomic E-state index is 13.0. The third-order valence-electron chi connectivity index (χ3n) is 18.4. The van der Waals surface area contributed by atoms with Crippen LogP contribution in [0.2, 0.25) is 0 Å². The molecule has 0 spiro atoms. The van der Waals surface area contributed by atoms with E-state index in [9.17, 15) is 19.5 Å². The number of rotatable bonds is 78. The van der Waals surface area contributed by atoms with E-state index in [-0.39, 0.29) is 32.2 Å². The molecule has 0 bridgehead atoms. The van der Waals surface area contributed by atoms with Crippen molar-refractivity contribution in [2.75, 3.05) is 47.5 Å². The van der Waals surface area contributed by atoms with Crippen molar-refractivity contribution >= 4 is 17.9 Å². The number of ether oxygens (including phenoxy) is 4. The molecule has 9 heteroatoms. The lowest BCUT2D eigenvalue weighted by Crippen LogP contribution is -2.44. The van der Waals surface area contributed by atoms with Gasteiger partial charge in [0.2, 0.25) is 0 Å². The van der Waals surface area contributed by atoms with E-state index in [1.807, 2.05) is 21.1 Å². The van der Waals surface area contributed by atoms with Gasteiger partial charge in [0.15, 0.2) is 12.4 Å². The number of quaternary nitrogens is 1. The maximum Gasteiger partial charge on any atom is 0.306 e. The zero-order valence-electron chi connectivity index (χ0n) is 66.5. The van der Waals surface area contributed by atoms with Gasteiger partial charge in [-0.3, -0.25) is 9.59 Å². The molecule has 0 fully saturated rings. The van der Waals surface area contributed by atoms with Crippen LogP contribution >= 0.6 is 0 Å². The Labute approximate surface area is 624 Å². The normalized spacial score (nSPS) is 13.3. The van der Waals surface area contributed by atoms with Crippen LogP contribution in [0, 0.1) is 0 Å². The number of unbranched alkanes of at least 4 members (excludes halogenated alkanes) is 41. The van der Waals surface area contributed by atoms with E-state index in [1.54, 1.807) is 0 Å². The maximum absolute atomic E-state index is 13.0. The Morgan fingerprint density at radius 3 is 0.842 bits per heavy atom. The van der Waals surface area contributed by atoms with E-state index in [1.165, 1.54) is 238 Å². The van der Waals surface area contributed by atoms with Gasteiger partial charge >= 0.3 is 11.9 Å². The Morgan fingerprint density at radius 1 is 0.307 bits per heavy atom. The smallest absolute Gasteiger partial charge is 0.306 e. The molecule has 0 rings (SSSR count). The first kappa shape index (κ1) is 96.4. The van der Waals surface area contributed by atoms with Gasteiger partial charge in [-0.2, -0.15) is 0 Å². The number of carboxylic acids is 1. The zero-order chi connectivity index (χ0) is 73.2. The van der Waals surface area contributed by atoms with Crippen molar-refractivity contribution < 1.29 is 42.9 Å². The third-order valence-corrected chi connectivity index (χ3v) is 18.4. The van der Waals surface area contributed by atoms with Gasteiger partial charge in [-0.25, -0.2) is 0 Å². The number of carboxylic acid groups (broad SMARTS) is 1. The van der Waals surface area contributed by atoms with Crippen LogP contribution in [-0.4, -0.2) is 82.3 Å². The van der Waals surface area contributed by atoms with Crippen molar-refractivity contribution in [3.8, 4) is 0 Å². The van der Waals surface area contributed by atoms with Crippen LogP contribution in [0.1, 0.15) is 373 Å². The fourth-order valence-corrected chi connectivity index (χ4v) is 12.0. The van der Waals surface area contributed by atoms with Gasteiger partial charge in [-0.1, -0.05) is 379 Å². The summed E-state index contributed by atoms with van der Waals surface area (Å²) >= 11 is 0. The minimum atomic E-state index is -1.63. The van der Waals surface area contributed by atoms with Gasteiger partial charge in [-0.15, -0.1) is 0 Å². The molecule has 0 saturated carbocycles. The highest BCUT2D eigenvalue weighted by molar-refractivity contribution is 5.70. The second-order valence-electron chi connectivity index (χ2n) is 29.4. The quantitative estimate of drug-likeness (QED) is 0.0195. The summed E-state index contributed by atoms with van der Waals surface area (Å²) in [5, 5.41) is 11.9. The number of allylic oxidation sites excluding steroid dienone is 22. The van der Waals surface area contributed by atoms with Crippen molar-refractivity contribution in [3.63, 3.8) is 0 Å². The molecule has 0 aromatic carbocycles. The fraction of sp³-hybridized carbons (Fsp3) is 0.728. The number of esters is 2. The van der Waals surface area contributed by atoms with Crippen LogP contribution in [0.15, 0.2) is 134 Å². The number of nitrogens with zero attached hydrogens (tertiary/aromatic N) is 1. The molecule has 580 valence electrons. The Morgan fingerprint density at radius 2 is 0.564 bits per heavy atom. The number of carbonyl (C=O) groups excluding carboxylic acids is 3. The summed E-state index contributed by atoms with van der Waals surface area (Å²) in [4.78, 5) is 37.7. The van der Waals surface area contributed by atoms with Crippen LogP contribution in [0.25, 0.3) is 0 Å². The molecule has 0 saturated heterocycles. The topological polar surface area (TPSA) is 111 Å². The summed E-state index contributed by atoms with van der Waals surface area (Å²) in [5.41, 5.74) is 0. The van der Waals surface area contributed by atoms with Gasteiger partial charge in [0.25, 0.3) is 0 Å². The highest BCUT2D eigenvalue weighted by Crippen LogP contribution is 2.19. The first-order chi connectivity index (χ1) is 49.6. The molecule has 0 aromatic heterocycles. The molecule has 9 nitrogen and oxygen atoms in total. The summed E-state index contributed by atoms with van der Waals surface area (Å²) in [5.74, 6) is -2.27. The molecular weight excluding hydrogens is 1250 g/mol. The molecule has 0 N–H and O–H groups in total. The van der Waals surface area contributed by atoms with Crippen LogP contribution < -0.4 is 5.11 Å². The second kappa shape index (κ2) is 81.1. The van der Waals surface area contributed by atoms with E-state index in [2.05, 4.69) is 148 Å². The average Bonchev–Trinajstić information content (AvgIpc) is 1.25.